The molecule has 1 aliphatic rings. The molecule has 0 atom stereocenters. The van der Waals surface area contributed by atoms with Gasteiger partial charge in [0, 0.05) is 63.5 Å². The highest BCUT2D eigenvalue weighted by Gasteiger charge is 2.17. The van der Waals surface area contributed by atoms with Crippen LogP contribution in [-0.2, 0) is 11.8 Å². The third-order valence-electron chi connectivity index (χ3n) is 5.68. The molecule has 0 bridgehead atoms. The van der Waals surface area contributed by atoms with Gasteiger partial charge in [0.2, 0.25) is 0 Å². The normalized spacial score (nSPS) is 15.1. The van der Waals surface area contributed by atoms with Gasteiger partial charge in [-0.05, 0) is 37.4 Å². The maximum atomic E-state index is 5.84. The minimum Gasteiger partial charge on any atom is -0.467 e. The fourth-order valence-corrected chi connectivity index (χ4v) is 3.98. The molecule has 1 aliphatic heterocycles. The van der Waals surface area contributed by atoms with Gasteiger partial charge in [-0.25, -0.2) is 9.97 Å². The summed E-state index contributed by atoms with van der Waals surface area (Å²) in [6.07, 6.45) is 1.99. The van der Waals surface area contributed by atoms with E-state index in [-0.39, 0.29) is 6.79 Å². The standard InChI is InChI=1S/C23H26N6O2/c1-27-8-10-29(11-9-27)23-7-6-19-20(25-23)5-4-18(24-19)17-12-16-14-28(2)26-21(16)13-22(17)31-15-30-3/h4-7,12-14H,8-11,15H2,1-3H3. The Kier molecular flexibility index (Phi) is 5.17. The topological polar surface area (TPSA) is 68.5 Å². The maximum absolute atomic E-state index is 5.84. The number of aromatic nitrogens is 4. The average Bonchev–Trinajstić information content (AvgIpc) is 3.15. The Hall–Kier alpha value is -3.23. The van der Waals surface area contributed by atoms with Crippen molar-refractivity contribution in [2.45, 2.75) is 0 Å². The van der Waals surface area contributed by atoms with Crippen LogP contribution in [0.15, 0.2) is 42.6 Å². The fourth-order valence-electron chi connectivity index (χ4n) is 3.98. The molecule has 0 radical (unpaired) electrons. The molecular formula is C23H26N6O2. The number of ether oxygens (including phenoxy) is 2. The molecule has 8 heteroatoms. The molecule has 8 nitrogen and oxygen atoms in total. The van der Waals surface area contributed by atoms with Gasteiger partial charge in [0.15, 0.2) is 6.79 Å². The molecule has 4 heterocycles. The molecule has 0 aliphatic carbocycles. The van der Waals surface area contributed by atoms with Crippen LogP contribution in [0.2, 0.25) is 0 Å². The average molecular weight is 419 g/mol. The second kappa shape index (κ2) is 8.13. The lowest BCUT2D eigenvalue weighted by atomic mass is 10.1. The Bertz CT molecular complexity index is 1230. The first-order chi connectivity index (χ1) is 15.1. The van der Waals surface area contributed by atoms with Crippen molar-refractivity contribution < 1.29 is 9.47 Å². The second-order valence-corrected chi connectivity index (χ2v) is 7.96. The quantitative estimate of drug-likeness (QED) is 0.462. The lowest BCUT2D eigenvalue weighted by Crippen LogP contribution is -2.44. The number of benzene rings is 1. The summed E-state index contributed by atoms with van der Waals surface area (Å²) in [5, 5.41) is 5.52. The Morgan fingerprint density at radius 2 is 1.68 bits per heavy atom. The molecule has 0 saturated carbocycles. The van der Waals surface area contributed by atoms with Gasteiger partial charge in [-0.3, -0.25) is 4.68 Å². The van der Waals surface area contributed by atoms with Crippen molar-refractivity contribution >= 4 is 27.8 Å². The molecule has 0 unspecified atom stereocenters. The monoisotopic (exact) mass is 418 g/mol. The predicted molar refractivity (Wildman–Crippen MR) is 121 cm³/mol. The van der Waals surface area contributed by atoms with E-state index in [0.29, 0.717) is 5.75 Å². The molecule has 1 fully saturated rings. The molecule has 0 spiro atoms. The molecule has 0 amide bonds. The van der Waals surface area contributed by atoms with E-state index in [0.717, 1.165) is 65.2 Å². The highest BCUT2D eigenvalue weighted by atomic mass is 16.7. The number of hydrogen-bond donors (Lipinski definition) is 0. The number of fused-ring (bicyclic) bond motifs is 2. The number of piperazine rings is 1. The zero-order chi connectivity index (χ0) is 21.4. The molecule has 5 rings (SSSR count). The van der Waals surface area contributed by atoms with Crippen LogP contribution in [0.1, 0.15) is 0 Å². The predicted octanol–water partition coefficient (Wildman–Crippen LogP) is 2.92. The maximum Gasteiger partial charge on any atom is 0.188 e. The number of likely N-dealkylation sites (N-methyl/N-ethyl adjacent to an activating group) is 1. The van der Waals surface area contributed by atoms with Crippen LogP contribution in [-0.4, -0.2) is 71.8 Å². The lowest BCUT2D eigenvalue weighted by Gasteiger charge is -2.33. The van der Waals surface area contributed by atoms with E-state index in [1.807, 2.05) is 31.4 Å². The molecule has 4 aromatic rings. The van der Waals surface area contributed by atoms with Gasteiger partial charge in [-0.15, -0.1) is 0 Å². The van der Waals surface area contributed by atoms with Crippen molar-refractivity contribution in [1.82, 2.24) is 24.6 Å². The van der Waals surface area contributed by atoms with Crippen LogP contribution in [0.3, 0.4) is 0 Å². The second-order valence-electron chi connectivity index (χ2n) is 7.96. The highest BCUT2D eigenvalue weighted by Crippen LogP contribution is 2.34. The van der Waals surface area contributed by atoms with Crippen molar-refractivity contribution in [3.05, 3.63) is 42.6 Å². The molecule has 1 aromatic carbocycles. The van der Waals surface area contributed by atoms with E-state index in [4.69, 9.17) is 19.4 Å². The molecule has 31 heavy (non-hydrogen) atoms. The van der Waals surface area contributed by atoms with Crippen LogP contribution >= 0.6 is 0 Å². The number of methoxy groups -OCH3 is 1. The van der Waals surface area contributed by atoms with Gasteiger partial charge < -0.3 is 19.3 Å². The summed E-state index contributed by atoms with van der Waals surface area (Å²) in [4.78, 5) is 14.4. The summed E-state index contributed by atoms with van der Waals surface area (Å²) in [5.41, 5.74) is 4.36. The Labute approximate surface area is 181 Å². The van der Waals surface area contributed by atoms with Crippen LogP contribution in [0.25, 0.3) is 33.2 Å². The van der Waals surface area contributed by atoms with Gasteiger partial charge >= 0.3 is 0 Å². The molecule has 0 N–H and O–H groups in total. The van der Waals surface area contributed by atoms with Crippen LogP contribution in [0, 0.1) is 0 Å². The summed E-state index contributed by atoms with van der Waals surface area (Å²) >= 11 is 0. The molecule has 1 saturated heterocycles. The zero-order valence-electron chi connectivity index (χ0n) is 18.1. The molecular weight excluding hydrogens is 392 g/mol. The first kappa shape index (κ1) is 19.7. The van der Waals surface area contributed by atoms with Crippen LogP contribution < -0.4 is 9.64 Å². The largest absolute Gasteiger partial charge is 0.467 e. The Balaban J connectivity index is 1.52. The van der Waals surface area contributed by atoms with Gasteiger partial charge in [0.05, 0.1) is 22.2 Å². The number of nitrogens with zero attached hydrogens (tertiary/aromatic N) is 6. The minimum atomic E-state index is 0.162. The van der Waals surface area contributed by atoms with Gasteiger partial charge in [-0.1, -0.05) is 0 Å². The summed E-state index contributed by atoms with van der Waals surface area (Å²) in [6.45, 7) is 4.25. The number of pyridine rings is 2. The van der Waals surface area contributed by atoms with Crippen molar-refractivity contribution in [3.8, 4) is 17.0 Å². The van der Waals surface area contributed by atoms with Crippen LogP contribution in [0.4, 0.5) is 5.82 Å². The Morgan fingerprint density at radius 1 is 0.903 bits per heavy atom. The molecule has 160 valence electrons. The van der Waals surface area contributed by atoms with Gasteiger partial charge in [0.1, 0.15) is 11.6 Å². The van der Waals surface area contributed by atoms with Gasteiger partial charge in [-0.2, -0.15) is 5.10 Å². The first-order valence-corrected chi connectivity index (χ1v) is 10.4. The van der Waals surface area contributed by atoms with Crippen LogP contribution in [0.5, 0.6) is 5.75 Å². The van der Waals surface area contributed by atoms with E-state index in [2.05, 4.69) is 40.1 Å². The number of rotatable bonds is 5. The van der Waals surface area contributed by atoms with Gasteiger partial charge in [0.25, 0.3) is 0 Å². The summed E-state index contributed by atoms with van der Waals surface area (Å²) < 4.78 is 12.8. The minimum absolute atomic E-state index is 0.162. The van der Waals surface area contributed by atoms with E-state index in [1.165, 1.54) is 0 Å². The van der Waals surface area contributed by atoms with Crippen molar-refractivity contribution in [2.75, 3.05) is 52.0 Å². The number of hydrogen-bond acceptors (Lipinski definition) is 7. The van der Waals surface area contributed by atoms with E-state index in [1.54, 1.807) is 11.8 Å². The number of anilines is 1. The summed E-state index contributed by atoms with van der Waals surface area (Å²) in [6, 6.07) is 12.2. The number of aryl methyl sites for hydroxylation is 1. The van der Waals surface area contributed by atoms with E-state index < -0.39 is 0 Å². The Morgan fingerprint density at radius 3 is 2.48 bits per heavy atom. The smallest absolute Gasteiger partial charge is 0.188 e. The zero-order valence-corrected chi connectivity index (χ0v) is 18.1. The molecule has 3 aromatic heterocycles. The highest BCUT2D eigenvalue weighted by molar-refractivity contribution is 5.89. The third kappa shape index (κ3) is 3.92. The first-order valence-electron chi connectivity index (χ1n) is 10.4. The lowest BCUT2D eigenvalue weighted by molar-refractivity contribution is 0.0516. The third-order valence-corrected chi connectivity index (χ3v) is 5.68. The van der Waals surface area contributed by atoms with E-state index in [9.17, 15) is 0 Å². The fraction of sp³-hybridized carbons (Fsp3) is 0.348. The summed E-state index contributed by atoms with van der Waals surface area (Å²) in [7, 11) is 5.67. The SMILES string of the molecule is COCOc1cc2nn(C)cc2cc1-c1ccc2nc(N3CCN(C)CC3)ccc2n1. The summed E-state index contributed by atoms with van der Waals surface area (Å²) in [5.74, 6) is 1.71. The van der Waals surface area contributed by atoms with Crippen molar-refractivity contribution in [3.63, 3.8) is 0 Å². The van der Waals surface area contributed by atoms with E-state index >= 15 is 0 Å². The van der Waals surface area contributed by atoms with Crippen molar-refractivity contribution in [1.29, 1.82) is 0 Å². The van der Waals surface area contributed by atoms with Crippen molar-refractivity contribution in [2.24, 2.45) is 7.05 Å².